The first kappa shape index (κ1) is 42.6. The summed E-state index contributed by atoms with van der Waals surface area (Å²) in [7, 11) is 0. The van der Waals surface area contributed by atoms with Gasteiger partial charge in [-0.1, -0.05) is 68.8 Å². The summed E-state index contributed by atoms with van der Waals surface area (Å²) in [5, 5.41) is 28.5. The van der Waals surface area contributed by atoms with E-state index >= 15 is 0 Å². The third-order valence-electron chi connectivity index (χ3n) is 11.1. The normalized spacial score (nSPS) is 20.1. The van der Waals surface area contributed by atoms with Gasteiger partial charge >= 0.3 is 12.1 Å². The van der Waals surface area contributed by atoms with Crippen LogP contribution in [-0.4, -0.2) is 112 Å². The van der Waals surface area contributed by atoms with Crippen LogP contribution in [0.15, 0.2) is 48.5 Å². The molecule has 1 aliphatic carbocycles. The number of aliphatic hydroxyl groups is 1. The average molecular weight is 778 g/mol. The van der Waals surface area contributed by atoms with E-state index in [0.717, 1.165) is 22.3 Å². The molecule has 2 fully saturated rings. The van der Waals surface area contributed by atoms with Gasteiger partial charge in [-0.2, -0.15) is 0 Å². The van der Waals surface area contributed by atoms with E-state index in [-0.39, 0.29) is 31.4 Å². The van der Waals surface area contributed by atoms with Crippen LogP contribution in [0.5, 0.6) is 0 Å². The molecule has 2 aromatic carbocycles. The summed E-state index contributed by atoms with van der Waals surface area (Å²) in [5.41, 5.74) is 3.76. The van der Waals surface area contributed by atoms with Gasteiger partial charge in [-0.15, -0.1) is 0 Å². The number of alkyl carbamates (subject to hydrolysis) is 1. The molecule has 6 atom stereocenters. The first-order valence-corrected chi connectivity index (χ1v) is 20.0. The Balaban J connectivity index is 1.27. The number of nitrogens with zero attached hydrogens (tertiary/aromatic N) is 2. The SMILES string of the molecule is CC[C@H](C)[C@H](NC(=O)OCC1c2ccccc2-c2ccccc21)C(=O)N[C@@H](CCCCNC(O)OC(C)(C)C)C(=O)N1CCC[C@H]1C(=O)N1CCC[C@H]1C(=O)O. The maximum atomic E-state index is 14.3. The lowest BCUT2D eigenvalue weighted by atomic mass is 9.97. The van der Waals surface area contributed by atoms with Gasteiger partial charge in [-0.05, 0) is 100 Å². The zero-order chi connectivity index (χ0) is 40.6. The van der Waals surface area contributed by atoms with Crippen molar-refractivity contribution in [2.24, 2.45) is 5.92 Å². The summed E-state index contributed by atoms with van der Waals surface area (Å²) >= 11 is 0. The van der Waals surface area contributed by atoms with Gasteiger partial charge < -0.3 is 40.1 Å². The van der Waals surface area contributed by atoms with E-state index < -0.39 is 66.0 Å². The molecule has 2 aliphatic heterocycles. The Labute approximate surface area is 329 Å². The Morgan fingerprint density at radius 2 is 1.48 bits per heavy atom. The lowest BCUT2D eigenvalue weighted by Gasteiger charge is -2.33. The van der Waals surface area contributed by atoms with Gasteiger partial charge in [-0.25, -0.2) is 9.59 Å². The first-order valence-electron chi connectivity index (χ1n) is 20.0. The number of carboxylic acids is 1. The molecule has 5 rings (SSSR count). The number of ether oxygens (including phenoxy) is 2. The summed E-state index contributed by atoms with van der Waals surface area (Å²) < 4.78 is 11.3. The number of hydrogen-bond acceptors (Lipinski definition) is 9. The number of unbranched alkanes of at least 4 members (excludes halogenated alkanes) is 1. The fourth-order valence-electron chi connectivity index (χ4n) is 8.03. The number of fused-ring (bicyclic) bond motifs is 3. The standard InChI is InChI=1S/C42H59N5O9/c1-6-26(2)35(45-41(54)55-25-31-29-17-9-7-15-27(29)28-16-8-10-18-30(28)31)36(48)44-32(19-11-12-22-43-40(53)56-42(3,4)5)37(49)46-23-13-20-33(46)38(50)47-24-14-21-34(47)39(51)52/h7-10,15-18,26,31-35,40,43,53H,6,11-14,19-25H2,1-5H3,(H,44,48)(H,45,54)(H,51,52)/t26-,32-,33-,34-,35-,40?/m0/s1. The van der Waals surface area contributed by atoms with E-state index in [1.165, 1.54) is 9.80 Å². The molecule has 306 valence electrons. The Hall–Kier alpha value is -4.53. The van der Waals surface area contributed by atoms with Crippen molar-refractivity contribution < 1.29 is 43.7 Å². The number of hydrogen-bond donors (Lipinski definition) is 5. The topological polar surface area (TPSA) is 187 Å². The van der Waals surface area contributed by atoms with Crippen molar-refractivity contribution in [1.82, 2.24) is 25.8 Å². The fourth-order valence-corrected chi connectivity index (χ4v) is 8.03. The number of aliphatic carboxylic acids is 1. The molecule has 4 amide bonds. The van der Waals surface area contributed by atoms with Gasteiger partial charge in [0, 0.05) is 19.0 Å². The second kappa shape index (κ2) is 19.1. The van der Waals surface area contributed by atoms with Gasteiger partial charge in [0.15, 0.2) is 0 Å². The zero-order valence-corrected chi connectivity index (χ0v) is 33.3. The smallest absolute Gasteiger partial charge is 0.407 e. The molecule has 14 heteroatoms. The Morgan fingerprint density at radius 1 is 0.875 bits per heavy atom. The number of carbonyl (C=O) groups excluding carboxylic acids is 4. The van der Waals surface area contributed by atoms with Crippen molar-refractivity contribution in [2.45, 2.75) is 128 Å². The number of benzene rings is 2. The molecule has 56 heavy (non-hydrogen) atoms. The second-order valence-electron chi connectivity index (χ2n) is 16.1. The molecule has 3 aliphatic rings. The molecular formula is C42H59N5O9. The lowest BCUT2D eigenvalue weighted by Crippen LogP contribution is -2.58. The van der Waals surface area contributed by atoms with Crippen LogP contribution >= 0.6 is 0 Å². The maximum absolute atomic E-state index is 14.3. The maximum Gasteiger partial charge on any atom is 0.407 e. The summed E-state index contributed by atoms with van der Waals surface area (Å²) in [5.74, 6) is -2.92. The molecule has 5 N–H and O–H groups in total. The summed E-state index contributed by atoms with van der Waals surface area (Å²) in [6.07, 6.45) is 1.73. The van der Waals surface area contributed by atoms with Gasteiger partial charge in [0.1, 0.15) is 30.8 Å². The van der Waals surface area contributed by atoms with E-state index in [2.05, 4.69) is 28.1 Å². The largest absolute Gasteiger partial charge is 0.480 e. The van der Waals surface area contributed by atoms with Gasteiger partial charge in [0.25, 0.3) is 0 Å². The molecule has 0 saturated carbocycles. The summed E-state index contributed by atoms with van der Waals surface area (Å²) in [4.78, 5) is 70.2. The molecule has 1 unspecified atom stereocenters. The molecule has 14 nitrogen and oxygen atoms in total. The predicted molar refractivity (Wildman–Crippen MR) is 209 cm³/mol. The van der Waals surface area contributed by atoms with Gasteiger partial charge in [-0.3, -0.25) is 19.7 Å². The lowest BCUT2D eigenvalue weighted by molar-refractivity contribution is -0.181. The molecule has 0 aromatic heterocycles. The Kier molecular flexibility index (Phi) is 14.5. The van der Waals surface area contributed by atoms with E-state index in [4.69, 9.17) is 9.47 Å². The number of amides is 4. The number of aliphatic hydroxyl groups excluding tert-OH is 1. The van der Waals surface area contributed by atoms with Crippen molar-refractivity contribution in [3.63, 3.8) is 0 Å². The van der Waals surface area contributed by atoms with Crippen LogP contribution in [0, 0.1) is 5.92 Å². The molecule has 0 radical (unpaired) electrons. The number of rotatable bonds is 17. The fraction of sp³-hybridized carbons (Fsp3) is 0.595. The quantitative estimate of drug-likeness (QED) is 0.114. The van der Waals surface area contributed by atoms with Crippen LogP contribution < -0.4 is 16.0 Å². The Bertz CT molecular complexity index is 1670. The molecule has 0 spiro atoms. The van der Waals surface area contributed by atoms with E-state index in [1.807, 2.05) is 71.0 Å². The summed E-state index contributed by atoms with van der Waals surface area (Å²) in [6, 6.07) is 12.2. The second-order valence-corrected chi connectivity index (χ2v) is 16.1. The van der Waals surface area contributed by atoms with Crippen molar-refractivity contribution >= 4 is 29.8 Å². The van der Waals surface area contributed by atoms with Gasteiger partial charge in [0.05, 0.1) is 5.60 Å². The third-order valence-corrected chi connectivity index (χ3v) is 11.1. The summed E-state index contributed by atoms with van der Waals surface area (Å²) in [6.45, 7) is 10.3. The van der Waals surface area contributed by atoms with Crippen molar-refractivity contribution in [3.8, 4) is 11.1 Å². The minimum Gasteiger partial charge on any atom is -0.480 e. The molecule has 2 heterocycles. The molecule has 2 saturated heterocycles. The van der Waals surface area contributed by atoms with E-state index in [0.29, 0.717) is 58.0 Å². The molecule has 2 aromatic rings. The average Bonchev–Trinajstić information content (AvgIpc) is 3.92. The van der Waals surface area contributed by atoms with Crippen molar-refractivity contribution in [2.75, 3.05) is 26.2 Å². The van der Waals surface area contributed by atoms with Crippen LogP contribution in [0.4, 0.5) is 4.79 Å². The van der Waals surface area contributed by atoms with Crippen LogP contribution in [0.1, 0.15) is 103 Å². The zero-order valence-electron chi connectivity index (χ0n) is 33.3. The highest BCUT2D eigenvalue weighted by Gasteiger charge is 2.44. The van der Waals surface area contributed by atoms with Crippen LogP contribution in [0.2, 0.25) is 0 Å². The van der Waals surface area contributed by atoms with E-state index in [9.17, 15) is 34.2 Å². The number of carboxylic acid groups (broad SMARTS) is 1. The van der Waals surface area contributed by atoms with Crippen molar-refractivity contribution in [3.05, 3.63) is 59.7 Å². The van der Waals surface area contributed by atoms with Gasteiger partial charge in [0.2, 0.25) is 24.1 Å². The number of likely N-dealkylation sites (tertiary alicyclic amines) is 2. The van der Waals surface area contributed by atoms with E-state index in [1.54, 1.807) is 0 Å². The monoisotopic (exact) mass is 777 g/mol. The van der Waals surface area contributed by atoms with Crippen LogP contribution in [-0.2, 0) is 28.7 Å². The Morgan fingerprint density at radius 3 is 2.09 bits per heavy atom. The highest BCUT2D eigenvalue weighted by Crippen LogP contribution is 2.44. The third kappa shape index (κ3) is 10.4. The molecule has 0 bridgehead atoms. The van der Waals surface area contributed by atoms with Crippen LogP contribution in [0.3, 0.4) is 0 Å². The highest BCUT2D eigenvalue weighted by atomic mass is 16.6. The minimum absolute atomic E-state index is 0.0729. The highest BCUT2D eigenvalue weighted by molar-refractivity contribution is 5.95. The van der Waals surface area contributed by atoms with Crippen LogP contribution in [0.25, 0.3) is 11.1 Å². The van der Waals surface area contributed by atoms with Crippen molar-refractivity contribution in [1.29, 1.82) is 0 Å². The number of carbonyl (C=O) groups is 5. The minimum atomic E-state index is -1.18. The first-order chi connectivity index (χ1) is 26.7. The predicted octanol–water partition coefficient (Wildman–Crippen LogP) is 4.34. The number of nitrogens with one attached hydrogen (secondary N) is 3. The molecular weight excluding hydrogens is 718 g/mol.